The Bertz CT molecular complexity index is 604. The van der Waals surface area contributed by atoms with Crippen molar-refractivity contribution in [3.63, 3.8) is 0 Å². The van der Waals surface area contributed by atoms with Crippen LogP contribution in [-0.2, 0) is 9.09 Å². The van der Waals surface area contributed by atoms with E-state index < -0.39 is 14.3 Å². The molecule has 2 aromatic carbocycles. The van der Waals surface area contributed by atoms with Crippen molar-refractivity contribution < 1.29 is 18.8 Å². The van der Waals surface area contributed by atoms with E-state index in [9.17, 15) is 9.36 Å². The third-order valence-corrected chi connectivity index (χ3v) is 3.33. The summed E-state index contributed by atoms with van der Waals surface area (Å²) in [6, 6.07) is 17.5. The molecule has 110 valence electrons. The van der Waals surface area contributed by atoms with Crippen LogP contribution in [0, 0.1) is 0 Å². The average Bonchev–Trinajstić information content (AvgIpc) is 2.52. The summed E-state index contributed by atoms with van der Waals surface area (Å²) in [6.45, 7) is -0.0586. The van der Waals surface area contributed by atoms with Gasteiger partial charge in [0, 0.05) is 5.56 Å². The van der Waals surface area contributed by atoms with Gasteiger partial charge >= 0.3 is 8.25 Å². The zero-order valence-electron chi connectivity index (χ0n) is 11.2. The number of amides is 1. The van der Waals surface area contributed by atoms with Gasteiger partial charge in [0.2, 0.25) is 0 Å². The van der Waals surface area contributed by atoms with Gasteiger partial charge in [-0.05, 0) is 17.7 Å². The van der Waals surface area contributed by atoms with E-state index in [1.807, 2.05) is 36.4 Å². The highest BCUT2D eigenvalue weighted by Crippen LogP contribution is 2.21. The molecule has 0 radical (unpaired) electrons. The molecule has 0 heterocycles. The fourth-order valence-electron chi connectivity index (χ4n) is 1.89. The van der Waals surface area contributed by atoms with E-state index in [1.165, 1.54) is 0 Å². The van der Waals surface area contributed by atoms with E-state index in [1.54, 1.807) is 24.3 Å². The van der Waals surface area contributed by atoms with Gasteiger partial charge in [0.1, 0.15) is 0 Å². The number of nitrogens with one attached hydrogen (secondary N) is 1. The molecule has 0 fully saturated rings. The Morgan fingerprint density at radius 3 is 2.24 bits per heavy atom. The molecule has 0 aliphatic rings. The second-order valence-corrected chi connectivity index (χ2v) is 5.20. The van der Waals surface area contributed by atoms with Crippen LogP contribution in [-0.4, -0.2) is 17.4 Å². The van der Waals surface area contributed by atoms with Gasteiger partial charge < -0.3 is 14.7 Å². The van der Waals surface area contributed by atoms with Gasteiger partial charge in [-0.1, -0.05) is 48.5 Å². The summed E-state index contributed by atoms with van der Waals surface area (Å²) >= 11 is 0. The largest absolute Gasteiger partial charge is 0.343 e. The maximum atomic E-state index is 12.2. The maximum Gasteiger partial charge on any atom is 0.316 e. The van der Waals surface area contributed by atoms with Crippen LogP contribution in [0.1, 0.15) is 22.0 Å². The van der Waals surface area contributed by atoms with Gasteiger partial charge in [-0.3, -0.25) is 9.36 Å². The van der Waals surface area contributed by atoms with Gasteiger partial charge in [-0.2, -0.15) is 0 Å². The summed E-state index contributed by atoms with van der Waals surface area (Å²) in [5.74, 6) is -0.259. The Morgan fingerprint density at radius 2 is 1.67 bits per heavy atom. The number of hydrogen-bond acceptors (Lipinski definition) is 3. The fourth-order valence-corrected chi connectivity index (χ4v) is 2.20. The van der Waals surface area contributed by atoms with Crippen LogP contribution in [0.25, 0.3) is 0 Å². The van der Waals surface area contributed by atoms with Crippen LogP contribution in [0.5, 0.6) is 0 Å². The molecule has 0 saturated heterocycles. The van der Waals surface area contributed by atoms with Crippen LogP contribution in [0.4, 0.5) is 0 Å². The molecular weight excluding hydrogens is 289 g/mol. The van der Waals surface area contributed by atoms with Gasteiger partial charge in [-0.25, -0.2) is 0 Å². The molecule has 0 aliphatic carbocycles. The molecule has 0 bridgehead atoms. The van der Waals surface area contributed by atoms with Gasteiger partial charge in [0.15, 0.2) is 0 Å². The number of carbonyl (C=O) groups excluding carboxylic acids is 1. The summed E-state index contributed by atoms with van der Waals surface area (Å²) in [7, 11) is -3.04. The molecule has 0 aromatic heterocycles. The summed E-state index contributed by atoms with van der Waals surface area (Å²) in [4.78, 5) is 21.0. The van der Waals surface area contributed by atoms with Crippen molar-refractivity contribution in [1.29, 1.82) is 0 Å². The first-order valence-corrected chi connectivity index (χ1v) is 7.70. The Kier molecular flexibility index (Phi) is 5.69. The van der Waals surface area contributed by atoms with Crippen molar-refractivity contribution in [2.45, 2.75) is 6.04 Å². The Balaban J connectivity index is 2.12. The third kappa shape index (κ3) is 4.83. The third-order valence-electron chi connectivity index (χ3n) is 2.92. The van der Waals surface area contributed by atoms with Crippen molar-refractivity contribution >= 4 is 14.2 Å². The van der Waals surface area contributed by atoms with Crippen molar-refractivity contribution in [3.05, 3.63) is 71.8 Å². The van der Waals surface area contributed by atoms with E-state index in [2.05, 4.69) is 5.32 Å². The van der Waals surface area contributed by atoms with E-state index in [4.69, 9.17) is 9.42 Å². The van der Waals surface area contributed by atoms with E-state index in [-0.39, 0.29) is 12.5 Å². The lowest BCUT2D eigenvalue weighted by atomic mass is 10.1. The molecule has 0 spiro atoms. The highest BCUT2D eigenvalue weighted by molar-refractivity contribution is 7.32. The molecule has 21 heavy (non-hydrogen) atoms. The molecule has 2 N–H and O–H groups in total. The molecule has 2 aromatic rings. The summed E-state index contributed by atoms with van der Waals surface area (Å²) < 4.78 is 15.5. The first-order valence-electron chi connectivity index (χ1n) is 6.43. The Morgan fingerprint density at radius 1 is 1.10 bits per heavy atom. The summed E-state index contributed by atoms with van der Waals surface area (Å²) in [5.41, 5.74) is 1.33. The van der Waals surface area contributed by atoms with E-state index in [0.29, 0.717) is 5.56 Å². The van der Waals surface area contributed by atoms with Crippen molar-refractivity contribution in [3.8, 4) is 0 Å². The lowest BCUT2D eigenvalue weighted by Gasteiger charge is -2.18. The van der Waals surface area contributed by atoms with Crippen molar-refractivity contribution in [2.24, 2.45) is 0 Å². The van der Waals surface area contributed by atoms with Gasteiger partial charge in [0.25, 0.3) is 5.91 Å². The minimum Gasteiger partial charge on any atom is -0.343 e. The Hall–Kier alpha value is -1.94. The molecule has 2 atom stereocenters. The number of benzene rings is 2. The highest BCUT2D eigenvalue weighted by atomic mass is 31.1. The van der Waals surface area contributed by atoms with Crippen molar-refractivity contribution in [1.82, 2.24) is 5.32 Å². The second-order valence-electron chi connectivity index (χ2n) is 4.38. The predicted octanol–water partition coefficient (Wildman–Crippen LogP) is 2.56. The lowest BCUT2D eigenvalue weighted by molar-refractivity contribution is 0.0919. The van der Waals surface area contributed by atoms with Crippen LogP contribution < -0.4 is 5.32 Å². The number of hydrogen-bond donors (Lipinski definition) is 2. The molecule has 0 saturated carbocycles. The van der Waals surface area contributed by atoms with Gasteiger partial charge in [-0.15, -0.1) is 0 Å². The quantitative estimate of drug-likeness (QED) is 0.804. The topological polar surface area (TPSA) is 75.6 Å². The second kappa shape index (κ2) is 7.74. The molecule has 0 aliphatic heterocycles. The van der Waals surface area contributed by atoms with Crippen molar-refractivity contribution in [2.75, 3.05) is 6.61 Å². The molecule has 1 amide bonds. The smallest absolute Gasteiger partial charge is 0.316 e. The molecule has 2 unspecified atom stereocenters. The first kappa shape index (κ1) is 15.4. The Labute approximate surface area is 123 Å². The summed E-state index contributed by atoms with van der Waals surface area (Å²) in [6.07, 6.45) is 0. The standard InChI is InChI=1S/C15H16NO4P/c17-15(13-9-5-2-6-10-13)16-14(11-20-21(18)19)12-7-3-1-4-8-12/h1-10,14,21H,11H2,(H,16,17)(H,18,19). The minimum absolute atomic E-state index is 0.0586. The van der Waals surface area contributed by atoms with E-state index in [0.717, 1.165) is 5.56 Å². The number of carbonyl (C=O) groups is 1. The minimum atomic E-state index is -3.04. The zero-order valence-corrected chi connectivity index (χ0v) is 12.2. The molecule has 6 heteroatoms. The van der Waals surface area contributed by atoms with Crippen LogP contribution in [0.3, 0.4) is 0 Å². The SMILES string of the molecule is O=C(NC(CO[PH](=O)O)c1ccccc1)c1ccccc1. The highest BCUT2D eigenvalue weighted by Gasteiger charge is 2.16. The first-order chi connectivity index (χ1) is 10.2. The fraction of sp³-hybridized carbons (Fsp3) is 0.133. The van der Waals surface area contributed by atoms with Crippen LogP contribution in [0.15, 0.2) is 60.7 Å². The molecular formula is C15H16NO4P. The molecule has 2 rings (SSSR count). The zero-order chi connectivity index (χ0) is 15.1. The van der Waals surface area contributed by atoms with Crippen LogP contribution in [0.2, 0.25) is 0 Å². The van der Waals surface area contributed by atoms with Gasteiger partial charge in [0.05, 0.1) is 12.6 Å². The predicted molar refractivity (Wildman–Crippen MR) is 80.3 cm³/mol. The number of rotatable bonds is 6. The summed E-state index contributed by atoms with van der Waals surface area (Å²) in [5, 5.41) is 2.81. The normalized spacial score (nSPS) is 13.4. The van der Waals surface area contributed by atoms with Crippen LogP contribution >= 0.6 is 8.25 Å². The monoisotopic (exact) mass is 305 g/mol. The molecule has 5 nitrogen and oxygen atoms in total. The maximum absolute atomic E-state index is 12.2. The average molecular weight is 305 g/mol. The van der Waals surface area contributed by atoms with E-state index >= 15 is 0 Å². The lowest BCUT2D eigenvalue weighted by Crippen LogP contribution is -2.31.